The topological polar surface area (TPSA) is 53.9 Å². The maximum atomic E-state index is 13.2. The minimum absolute atomic E-state index is 0.0802. The molecule has 0 unspecified atom stereocenters. The molecule has 3 aromatic carbocycles. The summed E-state index contributed by atoms with van der Waals surface area (Å²) in [4.78, 5) is 26.5. The molecular formula is C20H11BN4O2. The molecule has 0 fully saturated rings. The van der Waals surface area contributed by atoms with Crippen LogP contribution in [0.25, 0.3) is 33.2 Å². The van der Waals surface area contributed by atoms with Gasteiger partial charge in [-0.2, -0.15) is 0 Å². The summed E-state index contributed by atoms with van der Waals surface area (Å²) < 4.78 is 7.33. The van der Waals surface area contributed by atoms with E-state index in [9.17, 15) is 9.59 Å². The van der Waals surface area contributed by atoms with E-state index in [4.69, 9.17) is 0 Å². The van der Waals surface area contributed by atoms with Gasteiger partial charge >= 0.3 is 6.98 Å². The van der Waals surface area contributed by atoms with Gasteiger partial charge in [0.1, 0.15) is 0 Å². The molecule has 0 amide bonds. The number of benzene rings is 3. The van der Waals surface area contributed by atoms with Gasteiger partial charge in [0.25, 0.3) is 11.1 Å². The van der Waals surface area contributed by atoms with Crippen molar-refractivity contribution in [2.24, 2.45) is 0 Å². The Morgan fingerprint density at radius 2 is 1.07 bits per heavy atom. The monoisotopic (exact) mass is 350 g/mol. The first kappa shape index (κ1) is 13.5. The van der Waals surface area contributed by atoms with Crippen LogP contribution in [0.3, 0.4) is 0 Å². The standard InChI is InChI=1S/C20H11BN4O2/c26-19-12-6-1-3-8-14(12)22-16-10-5-11-17-18(16)21(24(19)22)25-20(27)13-7-2-4-9-15(13)23(17)25/h1-11H. The fourth-order valence-electron chi connectivity index (χ4n) is 4.79. The highest BCUT2D eigenvalue weighted by atomic mass is 16.1. The molecule has 0 aliphatic carbocycles. The first-order valence-corrected chi connectivity index (χ1v) is 8.85. The molecule has 0 saturated heterocycles. The van der Waals surface area contributed by atoms with Crippen LogP contribution in [0.2, 0.25) is 0 Å². The van der Waals surface area contributed by atoms with Crippen LogP contribution in [0, 0.1) is 0 Å². The van der Waals surface area contributed by atoms with Gasteiger partial charge in [-0.3, -0.25) is 28.1 Å². The summed E-state index contributed by atoms with van der Waals surface area (Å²) in [7, 11) is 0. The van der Waals surface area contributed by atoms with Crippen molar-refractivity contribution >= 4 is 34.3 Å². The lowest BCUT2D eigenvalue weighted by atomic mass is 9.69. The molecule has 126 valence electrons. The summed E-state index contributed by atoms with van der Waals surface area (Å²) in [5.41, 5.74) is 4.47. The second kappa shape index (κ2) is 4.15. The minimum atomic E-state index is -0.462. The van der Waals surface area contributed by atoms with E-state index in [1.807, 2.05) is 76.1 Å². The zero-order valence-corrected chi connectivity index (χ0v) is 14.0. The van der Waals surface area contributed by atoms with E-state index in [1.54, 1.807) is 9.19 Å². The third kappa shape index (κ3) is 1.29. The summed E-state index contributed by atoms with van der Waals surface area (Å²) in [6.45, 7) is -0.462. The van der Waals surface area contributed by atoms with Crippen LogP contribution in [-0.2, 0) is 0 Å². The third-order valence-electron chi connectivity index (χ3n) is 5.81. The van der Waals surface area contributed by atoms with Crippen LogP contribution in [0.1, 0.15) is 0 Å². The molecule has 7 heteroatoms. The van der Waals surface area contributed by atoms with Crippen molar-refractivity contribution < 1.29 is 0 Å². The van der Waals surface area contributed by atoms with E-state index in [-0.39, 0.29) is 11.1 Å². The molecule has 7 rings (SSSR count). The van der Waals surface area contributed by atoms with Crippen LogP contribution in [0.5, 0.6) is 0 Å². The molecule has 6 nitrogen and oxygen atoms in total. The zero-order valence-electron chi connectivity index (χ0n) is 14.0. The Hall–Kier alpha value is -3.74. The van der Waals surface area contributed by atoms with Gasteiger partial charge in [-0.1, -0.05) is 30.3 Å². The molecule has 2 aliphatic heterocycles. The Kier molecular flexibility index (Phi) is 2.07. The van der Waals surface area contributed by atoms with Gasteiger partial charge in [0.05, 0.1) is 33.2 Å². The number of para-hydroxylation sites is 2. The Bertz CT molecular complexity index is 1470. The molecule has 0 atom stereocenters. The first-order chi connectivity index (χ1) is 13.3. The van der Waals surface area contributed by atoms with E-state index < -0.39 is 6.98 Å². The maximum Gasteiger partial charge on any atom is 0.462 e. The number of hydrogen-bond donors (Lipinski definition) is 0. The van der Waals surface area contributed by atoms with E-state index in [0.29, 0.717) is 10.8 Å². The maximum absolute atomic E-state index is 13.2. The number of aromatic nitrogens is 4. The van der Waals surface area contributed by atoms with Gasteiger partial charge in [0.15, 0.2) is 0 Å². The van der Waals surface area contributed by atoms with Crippen LogP contribution in [0.15, 0.2) is 76.3 Å². The molecular weight excluding hydrogens is 339 g/mol. The fourth-order valence-corrected chi connectivity index (χ4v) is 4.79. The van der Waals surface area contributed by atoms with Crippen molar-refractivity contribution in [1.82, 2.24) is 18.5 Å². The second-order valence-corrected chi connectivity index (χ2v) is 7.04. The largest absolute Gasteiger partial charge is 0.462 e. The van der Waals surface area contributed by atoms with Crippen LogP contribution >= 0.6 is 0 Å². The Balaban J connectivity index is 1.76. The van der Waals surface area contributed by atoms with Gasteiger partial charge in [-0.25, -0.2) is 0 Å². The zero-order chi connectivity index (χ0) is 17.9. The molecule has 2 aromatic heterocycles. The highest BCUT2D eigenvalue weighted by molar-refractivity contribution is 6.74. The third-order valence-corrected chi connectivity index (χ3v) is 5.81. The smallest absolute Gasteiger partial charge is 0.268 e. The molecule has 0 radical (unpaired) electrons. The molecule has 27 heavy (non-hydrogen) atoms. The molecule has 5 aromatic rings. The van der Waals surface area contributed by atoms with Gasteiger partial charge in [-0.15, -0.1) is 0 Å². The van der Waals surface area contributed by atoms with Crippen molar-refractivity contribution in [2.75, 3.05) is 0 Å². The van der Waals surface area contributed by atoms with Gasteiger partial charge < -0.3 is 0 Å². The van der Waals surface area contributed by atoms with E-state index in [0.717, 1.165) is 27.9 Å². The molecule has 0 N–H and O–H groups in total. The summed E-state index contributed by atoms with van der Waals surface area (Å²) >= 11 is 0. The van der Waals surface area contributed by atoms with Gasteiger partial charge in [0.2, 0.25) is 0 Å². The number of nitrogens with zero attached hydrogens (tertiary/aromatic N) is 4. The van der Waals surface area contributed by atoms with Crippen molar-refractivity contribution in [3.8, 4) is 11.4 Å². The van der Waals surface area contributed by atoms with E-state index >= 15 is 0 Å². The van der Waals surface area contributed by atoms with Crippen molar-refractivity contribution in [2.45, 2.75) is 0 Å². The van der Waals surface area contributed by atoms with Crippen molar-refractivity contribution in [3.05, 3.63) is 87.4 Å². The van der Waals surface area contributed by atoms with Crippen LogP contribution in [-0.4, -0.2) is 25.5 Å². The fraction of sp³-hybridized carbons (Fsp3) is 0. The first-order valence-electron chi connectivity index (χ1n) is 8.85. The Morgan fingerprint density at radius 1 is 0.593 bits per heavy atom. The van der Waals surface area contributed by atoms with Gasteiger partial charge in [0, 0.05) is 5.46 Å². The van der Waals surface area contributed by atoms with Gasteiger partial charge in [-0.05, 0) is 36.4 Å². The lowest BCUT2D eigenvalue weighted by molar-refractivity contribution is 0.749. The summed E-state index contributed by atoms with van der Waals surface area (Å²) in [6.07, 6.45) is 0. The predicted octanol–water partition coefficient (Wildman–Crippen LogP) is 1.32. The highest BCUT2D eigenvalue weighted by Crippen LogP contribution is 2.30. The SMILES string of the molecule is O=c1c2ccccc2n2n1B1c3c-2cccc3-n2c3ccccc3c(=O)n21. The normalized spacial score (nSPS) is 13.4. The number of hydrogen-bond acceptors (Lipinski definition) is 2. The second-order valence-electron chi connectivity index (χ2n) is 7.04. The highest BCUT2D eigenvalue weighted by Gasteiger charge is 2.47. The van der Waals surface area contributed by atoms with Crippen LogP contribution in [0.4, 0.5) is 0 Å². The summed E-state index contributed by atoms with van der Waals surface area (Å²) in [5, 5.41) is 1.33. The summed E-state index contributed by atoms with van der Waals surface area (Å²) in [5.74, 6) is 0. The average Bonchev–Trinajstić information content (AvgIpc) is 3.39. The summed E-state index contributed by atoms with van der Waals surface area (Å²) in [6, 6.07) is 21.2. The molecule has 0 saturated carbocycles. The van der Waals surface area contributed by atoms with E-state index in [2.05, 4.69) is 0 Å². The Labute approximate surface area is 152 Å². The lowest BCUT2D eigenvalue weighted by Gasteiger charge is -2.11. The molecule has 4 heterocycles. The quantitative estimate of drug-likeness (QED) is 0.388. The van der Waals surface area contributed by atoms with Crippen molar-refractivity contribution in [1.29, 1.82) is 0 Å². The lowest BCUT2D eigenvalue weighted by Crippen LogP contribution is -2.48. The predicted molar refractivity (Wildman–Crippen MR) is 105 cm³/mol. The number of fused-ring (bicyclic) bond motifs is 10. The molecule has 0 bridgehead atoms. The minimum Gasteiger partial charge on any atom is -0.268 e. The number of rotatable bonds is 0. The average molecular weight is 350 g/mol. The van der Waals surface area contributed by atoms with Crippen molar-refractivity contribution in [3.63, 3.8) is 0 Å². The molecule has 2 aliphatic rings. The Morgan fingerprint density at radius 3 is 1.59 bits per heavy atom. The van der Waals surface area contributed by atoms with E-state index in [1.165, 1.54) is 0 Å². The molecule has 0 spiro atoms. The van der Waals surface area contributed by atoms with Crippen LogP contribution < -0.4 is 16.6 Å².